The van der Waals surface area contributed by atoms with E-state index in [2.05, 4.69) is 12.2 Å². The zero-order chi connectivity index (χ0) is 17.2. The molecule has 2 atom stereocenters. The van der Waals surface area contributed by atoms with Crippen LogP contribution in [0.5, 0.6) is 0 Å². The van der Waals surface area contributed by atoms with Gasteiger partial charge in [-0.15, -0.1) is 0 Å². The number of allylic oxidation sites excluding steroid dienone is 1. The zero-order valence-corrected chi connectivity index (χ0v) is 15.3. The van der Waals surface area contributed by atoms with Crippen molar-refractivity contribution < 1.29 is 14.6 Å². The van der Waals surface area contributed by atoms with Gasteiger partial charge in [-0.2, -0.15) is 0 Å². The van der Waals surface area contributed by atoms with Gasteiger partial charge in [0, 0.05) is 0 Å². The summed E-state index contributed by atoms with van der Waals surface area (Å²) in [6, 6.07) is -0.248. The second-order valence-electron chi connectivity index (χ2n) is 7.35. The largest absolute Gasteiger partial charge is 0.439 e. The highest BCUT2D eigenvalue weighted by Crippen LogP contribution is 2.41. The van der Waals surface area contributed by atoms with Crippen LogP contribution in [0.1, 0.15) is 90.4 Å². The Morgan fingerprint density at radius 2 is 1.58 bits per heavy atom. The molecule has 0 radical (unpaired) electrons. The Hall–Kier alpha value is -1.03. The van der Waals surface area contributed by atoms with E-state index in [1.54, 1.807) is 0 Å². The van der Waals surface area contributed by atoms with Crippen LogP contribution in [0.2, 0.25) is 0 Å². The minimum atomic E-state index is -0.396. The van der Waals surface area contributed by atoms with Crippen LogP contribution in [0.4, 0.5) is 4.79 Å². The number of rotatable bonds is 14. The van der Waals surface area contributed by atoms with Gasteiger partial charge in [0.05, 0.1) is 12.6 Å². The molecule has 1 aliphatic heterocycles. The molecule has 4 heteroatoms. The Kier molecular flexibility index (Phi) is 8.65. The summed E-state index contributed by atoms with van der Waals surface area (Å²) in [5.41, 5.74) is 2.70. The number of carbonyl (C=O) groups excluding carboxylic acids is 1. The quantitative estimate of drug-likeness (QED) is 0.352. The molecule has 1 amide bonds. The molecular weight excluding hydrogens is 302 g/mol. The Balaban J connectivity index is 1.45. The molecule has 0 aromatic heterocycles. The van der Waals surface area contributed by atoms with Crippen LogP contribution in [-0.4, -0.2) is 30.0 Å². The van der Waals surface area contributed by atoms with Crippen molar-refractivity contribution in [2.75, 3.05) is 6.61 Å². The van der Waals surface area contributed by atoms with Gasteiger partial charge in [-0.05, 0) is 24.8 Å². The lowest BCUT2D eigenvalue weighted by atomic mass is 10.0. The van der Waals surface area contributed by atoms with Crippen LogP contribution in [-0.2, 0) is 4.74 Å². The number of amides is 1. The highest BCUT2D eigenvalue weighted by atomic mass is 16.6. The van der Waals surface area contributed by atoms with Crippen LogP contribution in [0, 0.1) is 0 Å². The van der Waals surface area contributed by atoms with Gasteiger partial charge in [0.25, 0.3) is 0 Å². The maximum absolute atomic E-state index is 11.3. The number of nitrogens with one attached hydrogen (secondary N) is 1. The van der Waals surface area contributed by atoms with Gasteiger partial charge < -0.3 is 15.2 Å². The van der Waals surface area contributed by atoms with Crippen LogP contribution < -0.4 is 5.32 Å². The van der Waals surface area contributed by atoms with Crippen molar-refractivity contribution in [3.05, 3.63) is 11.1 Å². The molecule has 0 saturated carbocycles. The van der Waals surface area contributed by atoms with Crippen LogP contribution in [0.25, 0.3) is 0 Å². The first-order valence-electron chi connectivity index (χ1n) is 10.0. The summed E-state index contributed by atoms with van der Waals surface area (Å²) in [7, 11) is 0. The van der Waals surface area contributed by atoms with Crippen molar-refractivity contribution in [1.29, 1.82) is 0 Å². The van der Waals surface area contributed by atoms with E-state index in [0.717, 1.165) is 12.8 Å². The smallest absolute Gasteiger partial charge is 0.408 e. The molecule has 4 nitrogen and oxygen atoms in total. The molecular formula is C20H35NO3. The van der Waals surface area contributed by atoms with E-state index in [4.69, 9.17) is 4.74 Å². The minimum absolute atomic E-state index is 0.0500. The third kappa shape index (κ3) is 6.46. The van der Waals surface area contributed by atoms with E-state index < -0.39 is 6.09 Å². The number of aliphatic hydroxyl groups is 1. The summed E-state index contributed by atoms with van der Waals surface area (Å²) in [6.45, 7) is 2.22. The summed E-state index contributed by atoms with van der Waals surface area (Å²) < 4.78 is 5.26. The van der Waals surface area contributed by atoms with E-state index in [1.807, 2.05) is 0 Å². The topological polar surface area (TPSA) is 58.6 Å². The number of cyclic esters (lactones) is 1. The Morgan fingerprint density at radius 1 is 1.00 bits per heavy atom. The summed E-state index contributed by atoms with van der Waals surface area (Å²) in [5, 5.41) is 11.9. The summed E-state index contributed by atoms with van der Waals surface area (Å²) in [5.74, 6) is 0. The lowest BCUT2D eigenvalue weighted by Gasteiger charge is -2.10. The zero-order valence-electron chi connectivity index (χ0n) is 15.3. The summed E-state index contributed by atoms with van der Waals surface area (Å²) in [6.07, 6.45) is 16.5. The molecule has 1 fully saturated rings. The molecule has 1 heterocycles. The molecule has 0 unspecified atom stereocenters. The van der Waals surface area contributed by atoms with Gasteiger partial charge in [0.1, 0.15) is 6.10 Å². The molecule has 0 bridgehead atoms. The first-order chi connectivity index (χ1) is 11.8. The summed E-state index contributed by atoms with van der Waals surface area (Å²) >= 11 is 0. The molecule has 0 spiro atoms. The SMILES string of the molecule is CCCCCCCCCCCCCC1=C([C@H]2OC(=O)N[C@H]2CO)C1. The fourth-order valence-corrected chi connectivity index (χ4v) is 3.65. The lowest BCUT2D eigenvalue weighted by molar-refractivity contribution is 0.140. The normalized spacial score (nSPS) is 22.7. The molecule has 1 aliphatic carbocycles. The molecule has 24 heavy (non-hydrogen) atoms. The van der Waals surface area contributed by atoms with E-state index in [1.165, 1.54) is 81.8 Å². The highest BCUT2D eigenvalue weighted by molar-refractivity contribution is 5.71. The predicted molar refractivity (Wildman–Crippen MR) is 97.0 cm³/mol. The van der Waals surface area contributed by atoms with Crippen molar-refractivity contribution in [3.63, 3.8) is 0 Å². The van der Waals surface area contributed by atoms with Crippen molar-refractivity contribution in [1.82, 2.24) is 5.32 Å². The summed E-state index contributed by atoms with van der Waals surface area (Å²) in [4.78, 5) is 11.3. The van der Waals surface area contributed by atoms with Crippen molar-refractivity contribution in [3.8, 4) is 0 Å². The predicted octanol–water partition coefficient (Wildman–Crippen LogP) is 4.86. The van der Waals surface area contributed by atoms with E-state index in [-0.39, 0.29) is 18.8 Å². The van der Waals surface area contributed by atoms with E-state index in [0.29, 0.717) is 0 Å². The van der Waals surface area contributed by atoms with Gasteiger partial charge >= 0.3 is 6.09 Å². The van der Waals surface area contributed by atoms with Gasteiger partial charge in [-0.1, -0.05) is 76.7 Å². The van der Waals surface area contributed by atoms with Crippen LogP contribution in [0.3, 0.4) is 0 Å². The molecule has 0 aromatic rings. The highest BCUT2D eigenvalue weighted by Gasteiger charge is 2.41. The van der Waals surface area contributed by atoms with Crippen LogP contribution >= 0.6 is 0 Å². The van der Waals surface area contributed by atoms with Crippen molar-refractivity contribution in [2.24, 2.45) is 0 Å². The standard InChI is InChI=1S/C20H35NO3/c1-2-3-4-5-6-7-8-9-10-11-12-13-16-14-17(16)19-18(15-22)21-20(23)24-19/h18-19,22H,2-15H2,1H3,(H,21,23)/t18-,19+/m0/s1. The number of carbonyl (C=O) groups is 1. The average molecular weight is 338 g/mol. The number of hydrogen-bond acceptors (Lipinski definition) is 3. The van der Waals surface area contributed by atoms with Gasteiger partial charge in [-0.3, -0.25) is 0 Å². The Labute approximate surface area is 147 Å². The molecule has 0 aromatic carbocycles. The minimum Gasteiger partial charge on any atom is -0.439 e. The molecule has 2 N–H and O–H groups in total. The first kappa shape index (κ1) is 19.3. The molecule has 2 rings (SSSR count). The average Bonchev–Trinajstić information content (AvgIpc) is 3.25. The molecule has 2 aliphatic rings. The number of unbranched alkanes of at least 4 members (excludes halogenated alkanes) is 10. The Bertz CT molecular complexity index is 419. The molecule has 138 valence electrons. The second-order valence-corrected chi connectivity index (χ2v) is 7.35. The Morgan fingerprint density at radius 3 is 2.17 bits per heavy atom. The number of ether oxygens (including phenoxy) is 1. The van der Waals surface area contributed by atoms with Gasteiger partial charge in [-0.25, -0.2) is 4.79 Å². The first-order valence-corrected chi connectivity index (χ1v) is 10.0. The fourth-order valence-electron chi connectivity index (χ4n) is 3.65. The number of hydrogen-bond donors (Lipinski definition) is 2. The third-order valence-corrected chi connectivity index (χ3v) is 5.26. The number of aliphatic hydroxyl groups excluding tert-OH is 1. The van der Waals surface area contributed by atoms with Crippen LogP contribution in [0.15, 0.2) is 11.1 Å². The van der Waals surface area contributed by atoms with Gasteiger partial charge in [0.2, 0.25) is 0 Å². The van der Waals surface area contributed by atoms with E-state index >= 15 is 0 Å². The number of alkyl carbamates (subject to hydrolysis) is 1. The maximum Gasteiger partial charge on any atom is 0.408 e. The second kappa shape index (κ2) is 10.8. The van der Waals surface area contributed by atoms with Crippen molar-refractivity contribution in [2.45, 2.75) is 103 Å². The fraction of sp³-hybridized carbons (Fsp3) is 0.850. The maximum atomic E-state index is 11.3. The lowest BCUT2D eigenvalue weighted by Crippen LogP contribution is -2.34. The molecule has 1 saturated heterocycles. The van der Waals surface area contributed by atoms with E-state index in [9.17, 15) is 9.90 Å². The van der Waals surface area contributed by atoms with Crippen molar-refractivity contribution >= 4 is 6.09 Å². The van der Waals surface area contributed by atoms with Gasteiger partial charge in [0.15, 0.2) is 0 Å². The monoisotopic (exact) mass is 337 g/mol. The third-order valence-electron chi connectivity index (χ3n) is 5.26.